The highest BCUT2D eigenvalue weighted by Gasteiger charge is 2.22. The van der Waals surface area contributed by atoms with Crippen LogP contribution in [-0.2, 0) is 4.79 Å². The van der Waals surface area contributed by atoms with Crippen molar-refractivity contribution in [2.45, 2.75) is 52.4 Å². The van der Waals surface area contributed by atoms with E-state index >= 15 is 0 Å². The maximum absolute atomic E-state index is 12.4. The van der Waals surface area contributed by atoms with Crippen LogP contribution in [0.4, 0.5) is 0 Å². The van der Waals surface area contributed by atoms with Gasteiger partial charge in [0.1, 0.15) is 0 Å². The van der Waals surface area contributed by atoms with Crippen LogP contribution in [-0.4, -0.2) is 5.78 Å². The molecule has 0 aromatic heterocycles. The fourth-order valence-electron chi connectivity index (χ4n) is 3.61. The molecule has 0 saturated heterocycles. The number of ketones is 1. The van der Waals surface area contributed by atoms with Gasteiger partial charge in [0.15, 0.2) is 5.78 Å². The lowest BCUT2D eigenvalue weighted by molar-refractivity contribution is -0.118. The molecular formula is C24H28O. The minimum atomic E-state index is 0.252. The highest BCUT2D eigenvalue weighted by atomic mass is 16.1. The van der Waals surface area contributed by atoms with Gasteiger partial charge in [0, 0.05) is 5.92 Å². The van der Waals surface area contributed by atoms with E-state index in [-0.39, 0.29) is 5.92 Å². The van der Waals surface area contributed by atoms with E-state index in [1.165, 1.54) is 47.1 Å². The van der Waals surface area contributed by atoms with Gasteiger partial charge in [-0.2, -0.15) is 0 Å². The highest BCUT2D eigenvalue weighted by Crippen LogP contribution is 2.32. The van der Waals surface area contributed by atoms with Gasteiger partial charge in [-0.1, -0.05) is 80.3 Å². The molecule has 2 aromatic rings. The Morgan fingerprint density at radius 1 is 0.880 bits per heavy atom. The van der Waals surface area contributed by atoms with E-state index in [0.717, 1.165) is 19.3 Å². The molecule has 0 N–H and O–H groups in total. The van der Waals surface area contributed by atoms with Crippen molar-refractivity contribution in [1.82, 2.24) is 0 Å². The molecule has 1 nitrogen and oxygen atoms in total. The van der Waals surface area contributed by atoms with Crippen molar-refractivity contribution >= 4 is 11.4 Å². The number of carbonyl (C=O) groups excluding carboxylic acids is 1. The van der Waals surface area contributed by atoms with E-state index in [2.05, 4.69) is 62.4 Å². The van der Waals surface area contributed by atoms with Crippen molar-refractivity contribution in [2.24, 2.45) is 5.92 Å². The SMILES string of the molecule is CCCCCC1CCC(c2ccc(-c3ccc(C)cc3)cc2)=CC1=O. The van der Waals surface area contributed by atoms with Gasteiger partial charge in [-0.3, -0.25) is 4.79 Å². The number of carbonyl (C=O) groups is 1. The molecule has 0 radical (unpaired) electrons. The van der Waals surface area contributed by atoms with Crippen LogP contribution in [0.5, 0.6) is 0 Å². The number of hydrogen-bond donors (Lipinski definition) is 0. The summed E-state index contributed by atoms with van der Waals surface area (Å²) in [5.41, 5.74) is 6.13. The van der Waals surface area contributed by atoms with Crippen molar-refractivity contribution in [3.63, 3.8) is 0 Å². The number of unbranched alkanes of at least 4 members (excludes halogenated alkanes) is 2. The zero-order chi connectivity index (χ0) is 17.6. The maximum atomic E-state index is 12.4. The standard InChI is InChI=1S/C24H28O/c1-3-4-5-6-22-15-16-23(17-24(22)25)21-13-11-20(12-14-21)19-9-7-18(2)8-10-19/h7-14,17,22H,3-6,15-16H2,1-2H3. The Hall–Kier alpha value is -2.15. The summed E-state index contributed by atoms with van der Waals surface area (Å²) in [7, 11) is 0. The van der Waals surface area contributed by atoms with Crippen molar-refractivity contribution in [3.05, 3.63) is 65.7 Å². The molecule has 25 heavy (non-hydrogen) atoms. The summed E-state index contributed by atoms with van der Waals surface area (Å²) in [5, 5.41) is 0. The van der Waals surface area contributed by atoms with Crippen LogP contribution >= 0.6 is 0 Å². The molecule has 1 aliphatic rings. The molecule has 0 aliphatic heterocycles. The normalized spacial score (nSPS) is 17.4. The largest absolute Gasteiger partial charge is 0.295 e. The fraction of sp³-hybridized carbons (Fsp3) is 0.375. The van der Waals surface area contributed by atoms with Crippen LogP contribution in [0.3, 0.4) is 0 Å². The smallest absolute Gasteiger partial charge is 0.159 e. The molecule has 0 saturated carbocycles. The Labute approximate surface area is 151 Å². The minimum absolute atomic E-state index is 0.252. The Kier molecular flexibility index (Phi) is 5.86. The Morgan fingerprint density at radius 2 is 1.48 bits per heavy atom. The quantitative estimate of drug-likeness (QED) is 0.544. The summed E-state index contributed by atoms with van der Waals surface area (Å²) in [5.74, 6) is 0.585. The molecule has 0 heterocycles. The van der Waals surface area contributed by atoms with E-state index < -0.39 is 0 Å². The fourth-order valence-corrected chi connectivity index (χ4v) is 3.61. The molecule has 1 aliphatic carbocycles. The maximum Gasteiger partial charge on any atom is 0.159 e. The van der Waals surface area contributed by atoms with Crippen LogP contribution < -0.4 is 0 Å². The molecule has 0 bridgehead atoms. The molecule has 1 unspecified atom stereocenters. The van der Waals surface area contributed by atoms with Crippen LogP contribution in [0, 0.1) is 12.8 Å². The predicted octanol–water partition coefficient (Wildman–Crippen LogP) is 6.60. The monoisotopic (exact) mass is 332 g/mol. The molecule has 1 heteroatoms. The average Bonchev–Trinajstić information content (AvgIpc) is 2.64. The van der Waals surface area contributed by atoms with E-state index in [4.69, 9.17) is 0 Å². The van der Waals surface area contributed by atoms with Gasteiger partial charge in [-0.05, 0) is 54.5 Å². The van der Waals surface area contributed by atoms with Crippen LogP contribution in [0.2, 0.25) is 0 Å². The molecule has 1 atom stereocenters. The first kappa shape index (κ1) is 17.7. The first-order valence-corrected chi connectivity index (χ1v) is 9.59. The van der Waals surface area contributed by atoms with E-state index in [9.17, 15) is 4.79 Å². The van der Waals surface area contributed by atoms with Gasteiger partial charge in [0.05, 0.1) is 0 Å². The highest BCUT2D eigenvalue weighted by molar-refractivity contribution is 6.00. The third kappa shape index (κ3) is 4.48. The Morgan fingerprint density at radius 3 is 2.08 bits per heavy atom. The second kappa shape index (κ2) is 8.29. The number of hydrogen-bond acceptors (Lipinski definition) is 1. The van der Waals surface area contributed by atoms with Gasteiger partial charge < -0.3 is 0 Å². The molecule has 0 fully saturated rings. The Balaban J connectivity index is 1.69. The summed E-state index contributed by atoms with van der Waals surface area (Å²) in [6.45, 7) is 4.32. The summed E-state index contributed by atoms with van der Waals surface area (Å²) in [4.78, 5) is 12.4. The van der Waals surface area contributed by atoms with Crippen LogP contribution in [0.15, 0.2) is 54.6 Å². The third-order valence-corrected chi connectivity index (χ3v) is 5.28. The van der Waals surface area contributed by atoms with Gasteiger partial charge in [-0.15, -0.1) is 0 Å². The molecule has 0 amide bonds. The van der Waals surface area contributed by atoms with Crippen molar-refractivity contribution in [2.75, 3.05) is 0 Å². The number of aryl methyl sites for hydroxylation is 1. The van der Waals surface area contributed by atoms with Crippen LogP contribution in [0.25, 0.3) is 16.7 Å². The van der Waals surface area contributed by atoms with Gasteiger partial charge in [-0.25, -0.2) is 0 Å². The predicted molar refractivity (Wildman–Crippen MR) is 106 cm³/mol. The second-order valence-corrected chi connectivity index (χ2v) is 7.25. The second-order valence-electron chi connectivity index (χ2n) is 7.25. The first-order valence-electron chi connectivity index (χ1n) is 9.59. The Bertz CT molecular complexity index is 735. The number of benzene rings is 2. The summed E-state index contributed by atoms with van der Waals surface area (Å²) in [6.07, 6.45) is 8.63. The summed E-state index contributed by atoms with van der Waals surface area (Å²) >= 11 is 0. The molecular weight excluding hydrogens is 304 g/mol. The third-order valence-electron chi connectivity index (χ3n) is 5.28. The van der Waals surface area contributed by atoms with Crippen LogP contribution in [0.1, 0.15) is 56.6 Å². The number of rotatable bonds is 6. The van der Waals surface area contributed by atoms with Gasteiger partial charge >= 0.3 is 0 Å². The zero-order valence-electron chi connectivity index (χ0n) is 15.4. The van der Waals surface area contributed by atoms with E-state index in [0.29, 0.717) is 5.78 Å². The summed E-state index contributed by atoms with van der Waals surface area (Å²) < 4.78 is 0. The molecule has 3 rings (SSSR count). The van der Waals surface area contributed by atoms with Crippen molar-refractivity contribution in [3.8, 4) is 11.1 Å². The minimum Gasteiger partial charge on any atom is -0.295 e. The van der Waals surface area contributed by atoms with E-state index in [1.54, 1.807) is 0 Å². The van der Waals surface area contributed by atoms with Crippen molar-refractivity contribution < 1.29 is 4.79 Å². The lowest BCUT2D eigenvalue weighted by atomic mass is 9.83. The molecule has 0 spiro atoms. The summed E-state index contributed by atoms with van der Waals surface area (Å²) in [6, 6.07) is 17.3. The first-order chi connectivity index (χ1) is 12.2. The lowest BCUT2D eigenvalue weighted by Gasteiger charge is -2.21. The lowest BCUT2D eigenvalue weighted by Crippen LogP contribution is -2.17. The van der Waals surface area contributed by atoms with Gasteiger partial charge in [0.25, 0.3) is 0 Å². The molecule has 2 aromatic carbocycles. The van der Waals surface area contributed by atoms with E-state index in [1.807, 2.05) is 6.08 Å². The number of allylic oxidation sites excluding steroid dienone is 2. The molecule has 130 valence electrons. The topological polar surface area (TPSA) is 17.1 Å². The average molecular weight is 332 g/mol. The zero-order valence-corrected chi connectivity index (χ0v) is 15.4. The van der Waals surface area contributed by atoms with Crippen molar-refractivity contribution in [1.29, 1.82) is 0 Å². The van der Waals surface area contributed by atoms with Gasteiger partial charge in [0.2, 0.25) is 0 Å².